The standard InChI is InChI=1S/C20H13ClF3N3O4/c21-17-10-14(27(29)30)4-6-16(17)18-7-5-15(31-18)11-25-26-19(28)9-12-2-1-3-13(8-12)20(22,23)24/h1-8,10-11H,9H2,(H,26,28)/b25-11-. The number of carbonyl (C=O) groups excluding carboxylic acids is 1. The van der Waals surface area contributed by atoms with Crippen molar-refractivity contribution in [1.82, 2.24) is 5.43 Å². The number of nitro benzene ring substituents is 1. The van der Waals surface area contributed by atoms with Crippen molar-refractivity contribution in [2.24, 2.45) is 5.10 Å². The zero-order valence-electron chi connectivity index (χ0n) is 15.5. The molecule has 0 spiro atoms. The number of non-ortho nitro benzene ring substituents is 1. The number of hydrazone groups is 1. The van der Waals surface area contributed by atoms with Gasteiger partial charge in [0.2, 0.25) is 5.91 Å². The van der Waals surface area contributed by atoms with Gasteiger partial charge in [-0.25, -0.2) is 5.43 Å². The van der Waals surface area contributed by atoms with Gasteiger partial charge in [-0.1, -0.05) is 29.8 Å². The summed E-state index contributed by atoms with van der Waals surface area (Å²) in [6.45, 7) is 0. The number of carbonyl (C=O) groups is 1. The number of nitrogens with zero attached hydrogens (tertiary/aromatic N) is 2. The van der Waals surface area contributed by atoms with Crippen molar-refractivity contribution in [3.05, 3.63) is 86.6 Å². The first-order valence-electron chi connectivity index (χ1n) is 8.65. The fourth-order valence-corrected chi connectivity index (χ4v) is 2.90. The van der Waals surface area contributed by atoms with Crippen LogP contribution in [0.4, 0.5) is 18.9 Å². The second-order valence-electron chi connectivity index (χ2n) is 6.29. The van der Waals surface area contributed by atoms with Crippen molar-refractivity contribution >= 4 is 29.4 Å². The molecule has 1 amide bonds. The van der Waals surface area contributed by atoms with E-state index in [-0.39, 0.29) is 28.5 Å². The van der Waals surface area contributed by atoms with Crippen molar-refractivity contribution in [2.75, 3.05) is 0 Å². The molecule has 160 valence electrons. The molecule has 11 heteroatoms. The Kier molecular flexibility index (Phi) is 6.40. The molecule has 3 aromatic rings. The van der Waals surface area contributed by atoms with E-state index >= 15 is 0 Å². The number of rotatable bonds is 6. The average Bonchev–Trinajstić information content (AvgIpc) is 3.16. The van der Waals surface area contributed by atoms with Crippen molar-refractivity contribution < 1.29 is 27.3 Å². The summed E-state index contributed by atoms with van der Waals surface area (Å²) in [5.41, 5.74) is 1.83. The molecule has 0 unspecified atom stereocenters. The summed E-state index contributed by atoms with van der Waals surface area (Å²) in [6.07, 6.45) is -3.58. The molecule has 0 aliphatic rings. The molecule has 1 heterocycles. The van der Waals surface area contributed by atoms with Gasteiger partial charge in [0.1, 0.15) is 11.5 Å². The van der Waals surface area contributed by atoms with Gasteiger partial charge in [-0.05, 0) is 29.8 Å². The minimum absolute atomic E-state index is 0.126. The lowest BCUT2D eigenvalue weighted by Crippen LogP contribution is -2.20. The molecule has 7 nitrogen and oxygen atoms in total. The molecule has 3 rings (SSSR count). The van der Waals surface area contributed by atoms with Crippen LogP contribution in [0.15, 0.2) is 64.1 Å². The molecule has 1 aromatic heterocycles. The Morgan fingerprint density at radius 1 is 1.19 bits per heavy atom. The van der Waals surface area contributed by atoms with Crippen LogP contribution in [-0.2, 0) is 17.4 Å². The molecule has 0 radical (unpaired) electrons. The predicted molar refractivity (Wildman–Crippen MR) is 107 cm³/mol. The Labute approximate surface area is 178 Å². The lowest BCUT2D eigenvalue weighted by Gasteiger charge is -2.08. The van der Waals surface area contributed by atoms with E-state index in [1.54, 1.807) is 6.07 Å². The summed E-state index contributed by atoms with van der Waals surface area (Å²) < 4.78 is 43.7. The van der Waals surface area contributed by atoms with Gasteiger partial charge in [0.05, 0.1) is 28.1 Å². The molecule has 0 bridgehead atoms. The van der Waals surface area contributed by atoms with Crippen LogP contribution in [-0.4, -0.2) is 17.0 Å². The van der Waals surface area contributed by atoms with E-state index < -0.39 is 22.6 Å². The fraction of sp³-hybridized carbons (Fsp3) is 0.100. The van der Waals surface area contributed by atoms with E-state index in [4.69, 9.17) is 16.0 Å². The monoisotopic (exact) mass is 451 g/mol. The first-order valence-corrected chi connectivity index (χ1v) is 9.03. The quantitative estimate of drug-likeness (QED) is 0.315. The van der Waals surface area contributed by atoms with Crippen LogP contribution in [0, 0.1) is 10.1 Å². The highest BCUT2D eigenvalue weighted by Gasteiger charge is 2.30. The molecular weight excluding hydrogens is 439 g/mol. The third-order valence-electron chi connectivity index (χ3n) is 4.06. The van der Waals surface area contributed by atoms with Gasteiger partial charge in [0.25, 0.3) is 5.69 Å². The number of halogens is 4. The van der Waals surface area contributed by atoms with Crippen LogP contribution in [0.2, 0.25) is 5.02 Å². The van der Waals surface area contributed by atoms with Crippen LogP contribution < -0.4 is 5.43 Å². The van der Waals surface area contributed by atoms with Gasteiger partial charge in [0.15, 0.2) is 0 Å². The second-order valence-corrected chi connectivity index (χ2v) is 6.70. The summed E-state index contributed by atoms with van der Waals surface area (Å²) in [4.78, 5) is 22.1. The van der Waals surface area contributed by atoms with Gasteiger partial charge >= 0.3 is 6.18 Å². The summed E-state index contributed by atoms with van der Waals surface area (Å²) in [7, 11) is 0. The van der Waals surface area contributed by atoms with Gasteiger partial charge in [0, 0.05) is 17.7 Å². The summed E-state index contributed by atoms with van der Waals surface area (Å²) in [5.74, 6) is -0.0267. The number of nitrogens with one attached hydrogen (secondary N) is 1. The lowest BCUT2D eigenvalue weighted by molar-refractivity contribution is -0.384. The van der Waals surface area contributed by atoms with Gasteiger partial charge in [-0.3, -0.25) is 14.9 Å². The Hall–Kier alpha value is -3.66. The molecule has 0 aliphatic carbocycles. The zero-order valence-corrected chi connectivity index (χ0v) is 16.3. The highest BCUT2D eigenvalue weighted by molar-refractivity contribution is 6.33. The van der Waals surface area contributed by atoms with Gasteiger partial charge in [-0.15, -0.1) is 0 Å². The number of furan rings is 1. The maximum atomic E-state index is 12.7. The van der Waals surface area contributed by atoms with E-state index in [1.807, 2.05) is 0 Å². The summed E-state index contributed by atoms with van der Waals surface area (Å²) in [6, 6.07) is 11.5. The van der Waals surface area contributed by atoms with E-state index in [1.165, 1.54) is 42.6 Å². The van der Waals surface area contributed by atoms with Gasteiger partial charge < -0.3 is 4.42 Å². The molecular formula is C20H13ClF3N3O4. The zero-order chi connectivity index (χ0) is 22.6. The Balaban J connectivity index is 1.62. The van der Waals surface area contributed by atoms with Crippen LogP contribution in [0.3, 0.4) is 0 Å². The molecule has 0 fully saturated rings. The molecule has 0 aliphatic heterocycles. The lowest BCUT2D eigenvalue weighted by atomic mass is 10.1. The predicted octanol–water partition coefficient (Wildman–Crippen LogP) is 5.22. The first-order chi connectivity index (χ1) is 14.6. The smallest absolute Gasteiger partial charge is 0.416 e. The number of nitro groups is 1. The maximum Gasteiger partial charge on any atom is 0.416 e. The number of alkyl halides is 3. The highest BCUT2D eigenvalue weighted by Crippen LogP contribution is 2.32. The Morgan fingerprint density at radius 3 is 2.65 bits per heavy atom. The van der Waals surface area contributed by atoms with Crippen LogP contribution in [0.25, 0.3) is 11.3 Å². The third kappa shape index (κ3) is 5.70. The topological polar surface area (TPSA) is 97.7 Å². The fourth-order valence-electron chi connectivity index (χ4n) is 2.63. The maximum absolute atomic E-state index is 12.7. The molecule has 31 heavy (non-hydrogen) atoms. The van der Waals surface area contributed by atoms with Crippen LogP contribution >= 0.6 is 11.6 Å². The van der Waals surface area contributed by atoms with E-state index in [9.17, 15) is 28.1 Å². The van der Waals surface area contributed by atoms with Crippen LogP contribution in [0.5, 0.6) is 0 Å². The van der Waals surface area contributed by atoms with Crippen molar-refractivity contribution in [2.45, 2.75) is 12.6 Å². The first kappa shape index (κ1) is 22.0. The molecule has 2 aromatic carbocycles. The molecule has 0 atom stereocenters. The molecule has 0 saturated heterocycles. The molecule has 1 N–H and O–H groups in total. The largest absolute Gasteiger partial charge is 0.455 e. The van der Waals surface area contributed by atoms with Gasteiger partial charge in [-0.2, -0.15) is 18.3 Å². The summed E-state index contributed by atoms with van der Waals surface area (Å²) in [5, 5.41) is 14.6. The van der Waals surface area contributed by atoms with Crippen molar-refractivity contribution in [3.63, 3.8) is 0 Å². The number of amides is 1. The van der Waals surface area contributed by atoms with Crippen LogP contribution in [0.1, 0.15) is 16.9 Å². The minimum Gasteiger partial charge on any atom is -0.455 e. The second kappa shape index (κ2) is 9.00. The number of hydrogen-bond donors (Lipinski definition) is 1. The minimum atomic E-state index is -4.49. The highest BCUT2D eigenvalue weighted by atomic mass is 35.5. The average molecular weight is 452 g/mol. The molecule has 0 saturated carbocycles. The van der Waals surface area contributed by atoms with Crippen molar-refractivity contribution in [3.8, 4) is 11.3 Å². The number of hydrogen-bond acceptors (Lipinski definition) is 5. The normalized spacial score (nSPS) is 11.6. The van der Waals surface area contributed by atoms with E-state index in [0.29, 0.717) is 11.3 Å². The summed E-state index contributed by atoms with van der Waals surface area (Å²) >= 11 is 6.05. The number of benzene rings is 2. The SMILES string of the molecule is O=C(Cc1cccc(C(F)(F)F)c1)N/N=C\c1ccc(-c2ccc([N+](=O)[O-])cc2Cl)o1. The van der Waals surface area contributed by atoms with E-state index in [2.05, 4.69) is 10.5 Å². The Bertz CT molecular complexity index is 1160. The van der Waals surface area contributed by atoms with Crippen molar-refractivity contribution in [1.29, 1.82) is 0 Å². The Morgan fingerprint density at radius 2 is 1.97 bits per heavy atom. The third-order valence-corrected chi connectivity index (χ3v) is 4.37. The van der Waals surface area contributed by atoms with E-state index in [0.717, 1.165) is 12.1 Å².